The van der Waals surface area contributed by atoms with Crippen molar-refractivity contribution >= 4 is 51.2 Å². The van der Waals surface area contributed by atoms with Crippen molar-refractivity contribution in [1.82, 2.24) is 0 Å². The standard InChI is InChI=1S/C18H14ClN3O3/c19-13-9-10(20)7-8-15(13)22-18(25)17(24)21-14-5-1-4-12-11(14)3-2-6-16(12)23/h1-9,23H,20H2,(H,21,24)(H,22,25). The number of nitrogen functional groups attached to an aromatic ring is 1. The summed E-state index contributed by atoms with van der Waals surface area (Å²) < 4.78 is 0. The summed E-state index contributed by atoms with van der Waals surface area (Å²) in [5, 5.41) is 16.3. The molecular weight excluding hydrogens is 342 g/mol. The van der Waals surface area contributed by atoms with Crippen molar-refractivity contribution in [3.63, 3.8) is 0 Å². The number of anilines is 3. The average Bonchev–Trinajstić information content (AvgIpc) is 2.58. The molecule has 0 fully saturated rings. The van der Waals surface area contributed by atoms with Crippen molar-refractivity contribution in [2.75, 3.05) is 16.4 Å². The zero-order chi connectivity index (χ0) is 18.0. The number of benzene rings is 3. The van der Waals surface area contributed by atoms with Gasteiger partial charge in [-0.15, -0.1) is 0 Å². The third kappa shape index (κ3) is 3.49. The zero-order valence-corrected chi connectivity index (χ0v) is 13.7. The van der Waals surface area contributed by atoms with Crippen LogP contribution in [-0.2, 0) is 9.59 Å². The van der Waals surface area contributed by atoms with E-state index in [0.717, 1.165) is 0 Å². The van der Waals surface area contributed by atoms with E-state index in [4.69, 9.17) is 17.3 Å². The number of halogens is 1. The van der Waals surface area contributed by atoms with Crippen LogP contribution in [0, 0.1) is 0 Å². The number of carbonyl (C=O) groups excluding carboxylic acids is 2. The monoisotopic (exact) mass is 355 g/mol. The van der Waals surface area contributed by atoms with E-state index in [1.54, 1.807) is 42.5 Å². The molecule has 0 aromatic heterocycles. The second-order valence-electron chi connectivity index (χ2n) is 5.33. The molecule has 7 heteroatoms. The van der Waals surface area contributed by atoms with Crippen LogP contribution < -0.4 is 16.4 Å². The van der Waals surface area contributed by atoms with Gasteiger partial charge in [-0.05, 0) is 30.3 Å². The summed E-state index contributed by atoms with van der Waals surface area (Å²) in [6.45, 7) is 0. The summed E-state index contributed by atoms with van der Waals surface area (Å²) in [6.07, 6.45) is 0. The van der Waals surface area contributed by atoms with Crippen LogP contribution in [0.3, 0.4) is 0 Å². The van der Waals surface area contributed by atoms with Crippen molar-refractivity contribution in [3.8, 4) is 5.75 Å². The van der Waals surface area contributed by atoms with Gasteiger partial charge in [0, 0.05) is 22.1 Å². The molecule has 126 valence electrons. The fourth-order valence-corrected chi connectivity index (χ4v) is 2.63. The van der Waals surface area contributed by atoms with Crippen LogP contribution in [0.1, 0.15) is 0 Å². The Morgan fingerprint density at radius 2 is 1.52 bits per heavy atom. The third-order valence-corrected chi connectivity index (χ3v) is 3.91. The molecule has 0 unspecified atom stereocenters. The molecule has 3 rings (SSSR count). The normalized spacial score (nSPS) is 10.4. The Labute approximate surface area is 148 Å². The maximum atomic E-state index is 12.2. The lowest BCUT2D eigenvalue weighted by molar-refractivity contribution is -0.132. The number of amides is 2. The summed E-state index contributed by atoms with van der Waals surface area (Å²) in [5.41, 5.74) is 6.73. The molecule has 3 aromatic rings. The number of nitrogens with one attached hydrogen (secondary N) is 2. The van der Waals surface area contributed by atoms with Crippen LogP contribution in [0.25, 0.3) is 10.8 Å². The molecule has 6 nitrogen and oxygen atoms in total. The minimum absolute atomic E-state index is 0.0895. The number of fused-ring (bicyclic) bond motifs is 1. The fourth-order valence-electron chi connectivity index (χ4n) is 2.39. The van der Waals surface area contributed by atoms with E-state index in [2.05, 4.69) is 10.6 Å². The molecule has 0 aliphatic heterocycles. The fraction of sp³-hybridized carbons (Fsp3) is 0. The smallest absolute Gasteiger partial charge is 0.314 e. The molecule has 0 spiro atoms. The molecule has 0 saturated carbocycles. The van der Waals surface area contributed by atoms with E-state index in [0.29, 0.717) is 22.1 Å². The number of rotatable bonds is 2. The summed E-state index contributed by atoms with van der Waals surface area (Å²) in [6, 6.07) is 14.5. The number of hydrogen-bond donors (Lipinski definition) is 4. The lowest BCUT2D eigenvalue weighted by Gasteiger charge is -2.10. The molecule has 5 N–H and O–H groups in total. The first-order valence-electron chi connectivity index (χ1n) is 7.34. The second kappa shape index (κ2) is 6.70. The number of nitrogens with two attached hydrogens (primary N) is 1. The van der Waals surface area contributed by atoms with E-state index in [1.807, 2.05) is 0 Å². The molecule has 2 amide bonds. The van der Waals surface area contributed by atoms with Gasteiger partial charge in [-0.2, -0.15) is 0 Å². The molecule has 0 saturated heterocycles. The molecule has 3 aromatic carbocycles. The summed E-state index contributed by atoms with van der Waals surface area (Å²) in [5.74, 6) is -1.64. The van der Waals surface area contributed by atoms with E-state index in [9.17, 15) is 14.7 Å². The van der Waals surface area contributed by atoms with Gasteiger partial charge in [-0.1, -0.05) is 35.9 Å². The average molecular weight is 356 g/mol. The first-order chi connectivity index (χ1) is 12.0. The lowest BCUT2D eigenvalue weighted by Crippen LogP contribution is -2.29. The maximum Gasteiger partial charge on any atom is 0.314 e. The summed E-state index contributed by atoms with van der Waals surface area (Å²) >= 11 is 5.98. The number of hydrogen-bond acceptors (Lipinski definition) is 4. The van der Waals surface area contributed by atoms with Crippen LogP contribution in [0.5, 0.6) is 5.75 Å². The molecule has 0 atom stereocenters. The Morgan fingerprint density at radius 1 is 0.880 bits per heavy atom. The Bertz CT molecular complexity index is 988. The van der Waals surface area contributed by atoms with Crippen LogP contribution in [-0.4, -0.2) is 16.9 Å². The molecule has 25 heavy (non-hydrogen) atoms. The first-order valence-corrected chi connectivity index (χ1v) is 7.71. The summed E-state index contributed by atoms with van der Waals surface area (Å²) in [4.78, 5) is 24.3. The topological polar surface area (TPSA) is 104 Å². The van der Waals surface area contributed by atoms with Crippen LogP contribution >= 0.6 is 11.6 Å². The molecule has 0 radical (unpaired) electrons. The Kier molecular flexibility index (Phi) is 4.45. The van der Waals surface area contributed by atoms with Gasteiger partial charge in [0.1, 0.15) is 5.75 Å². The van der Waals surface area contributed by atoms with Crippen molar-refractivity contribution in [2.24, 2.45) is 0 Å². The van der Waals surface area contributed by atoms with E-state index < -0.39 is 11.8 Å². The van der Waals surface area contributed by atoms with Crippen molar-refractivity contribution < 1.29 is 14.7 Å². The minimum Gasteiger partial charge on any atom is -0.507 e. The van der Waals surface area contributed by atoms with Gasteiger partial charge in [0.2, 0.25) is 0 Å². The molecule has 0 heterocycles. The van der Waals surface area contributed by atoms with E-state index in [1.165, 1.54) is 12.1 Å². The van der Waals surface area contributed by atoms with Crippen molar-refractivity contribution in [3.05, 3.63) is 59.6 Å². The highest BCUT2D eigenvalue weighted by atomic mass is 35.5. The van der Waals surface area contributed by atoms with Gasteiger partial charge in [0.25, 0.3) is 0 Å². The Hall–Kier alpha value is -3.25. The zero-order valence-electron chi connectivity index (χ0n) is 12.9. The second-order valence-corrected chi connectivity index (χ2v) is 5.73. The highest BCUT2D eigenvalue weighted by molar-refractivity contribution is 6.45. The van der Waals surface area contributed by atoms with Crippen LogP contribution in [0.15, 0.2) is 54.6 Å². The number of phenolic OH excluding ortho intramolecular Hbond substituents is 1. The van der Waals surface area contributed by atoms with Gasteiger partial charge in [0.15, 0.2) is 0 Å². The van der Waals surface area contributed by atoms with Gasteiger partial charge in [-0.3, -0.25) is 9.59 Å². The van der Waals surface area contributed by atoms with Crippen molar-refractivity contribution in [1.29, 1.82) is 0 Å². The van der Waals surface area contributed by atoms with Gasteiger partial charge in [0.05, 0.1) is 10.7 Å². The lowest BCUT2D eigenvalue weighted by atomic mass is 10.1. The number of phenols is 1. The molecule has 0 aliphatic carbocycles. The number of aromatic hydroxyl groups is 1. The van der Waals surface area contributed by atoms with Crippen molar-refractivity contribution in [2.45, 2.75) is 0 Å². The highest BCUT2D eigenvalue weighted by Crippen LogP contribution is 2.30. The van der Waals surface area contributed by atoms with E-state index in [-0.39, 0.29) is 16.5 Å². The quantitative estimate of drug-likeness (QED) is 0.418. The molecule has 0 aliphatic rings. The van der Waals surface area contributed by atoms with Gasteiger partial charge in [-0.25, -0.2) is 0 Å². The van der Waals surface area contributed by atoms with Crippen LogP contribution in [0.2, 0.25) is 5.02 Å². The van der Waals surface area contributed by atoms with Gasteiger partial charge < -0.3 is 21.5 Å². The first kappa shape index (κ1) is 16.6. The Morgan fingerprint density at radius 3 is 2.24 bits per heavy atom. The van der Waals surface area contributed by atoms with E-state index >= 15 is 0 Å². The minimum atomic E-state index is -0.871. The maximum absolute atomic E-state index is 12.2. The predicted molar refractivity (Wildman–Crippen MR) is 98.7 cm³/mol. The largest absolute Gasteiger partial charge is 0.507 e. The Balaban J connectivity index is 1.80. The SMILES string of the molecule is Nc1ccc(NC(=O)C(=O)Nc2cccc3c(O)cccc23)c(Cl)c1. The molecule has 0 bridgehead atoms. The highest BCUT2D eigenvalue weighted by Gasteiger charge is 2.17. The predicted octanol–water partition coefficient (Wildman–Crippen LogP) is 3.36. The third-order valence-electron chi connectivity index (χ3n) is 3.59. The number of carbonyl (C=O) groups is 2. The molecular formula is C18H14ClN3O3. The van der Waals surface area contributed by atoms with Gasteiger partial charge >= 0.3 is 11.8 Å². The summed E-state index contributed by atoms with van der Waals surface area (Å²) in [7, 11) is 0. The van der Waals surface area contributed by atoms with Crippen LogP contribution in [0.4, 0.5) is 17.1 Å².